The normalized spacial score (nSPS) is 18.4. The summed E-state index contributed by atoms with van der Waals surface area (Å²) in [6.45, 7) is 2.56. The van der Waals surface area contributed by atoms with Crippen LogP contribution in [0, 0.1) is 5.92 Å². The maximum Gasteiger partial charge on any atom is 0.274 e. The largest absolute Gasteiger partial charge is 0.379 e. The van der Waals surface area contributed by atoms with Crippen molar-refractivity contribution in [1.29, 1.82) is 0 Å². The van der Waals surface area contributed by atoms with Crippen LogP contribution in [0.3, 0.4) is 0 Å². The Bertz CT molecular complexity index is 882. The molecule has 3 heterocycles. The number of aryl methyl sites for hydroxylation is 1. The molecule has 6 heteroatoms. The first-order valence-corrected chi connectivity index (χ1v) is 8.62. The number of hydrogen-bond donors (Lipinski definition) is 1. The Labute approximate surface area is 146 Å². The Morgan fingerprint density at radius 1 is 1.36 bits per heavy atom. The molecule has 0 bridgehead atoms. The maximum atomic E-state index is 12.7. The fourth-order valence-electron chi connectivity index (χ4n) is 3.44. The SMILES string of the molecule is Cn1ccc(C(=O)N2CCOC[C@@H](Cc3ccc4[nH]ccc4c3)C2)n1. The van der Waals surface area contributed by atoms with E-state index in [4.69, 9.17) is 4.74 Å². The molecule has 0 radical (unpaired) electrons. The Kier molecular flexibility index (Phi) is 4.28. The number of rotatable bonds is 3. The van der Waals surface area contributed by atoms with E-state index in [1.165, 1.54) is 10.9 Å². The zero-order valence-electron chi connectivity index (χ0n) is 14.3. The minimum absolute atomic E-state index is 0.0165. The number of benzene rings is 1. The average Bonchev–Trinajstić information content (AvgIpc) is 3.18. The molecule has 6 nitrogen and oxygen atoms in total. The summed E-state index contributed by atoms with van der Waals surface area (Å²) < 4.78 is 7.41. The van der Waals surface area contributed by atoms with Crippen molar-refractivity contribution in [2.24, 2.45) is 13.0 Å². The van der Waals surface area contributed by atoms with E-state index in [2.05, 4.69) is 34.3 Å². The second-order valence-corrected chi connectivity index (χ2v) is 6.67. The topological polar surface area (TPSA) is 63.1 Å². The number of aromatic nitrogens is 3. The number of nitrogens with one attached hydrogen (secondary N) is 1. The Morgan fingerprint density at radius 2 is 2.28 bits per heavy atom. The smallest absolute Gasteiger partial charge is 0.274 e. The number of H-pyrrole nitrogens is 1. The first-order chi connectivity index (χ1) is 12.2. The summed E-state index contributed by atoms with van der Waals surface area (Å²) in [5.74, 6) is 0.267. The van der Waals surface area contributed by atoms with Gasteiger partial charge in [0.25, 0.3) is 5.91 Å². The number of carbonyl (C=O) groups excluding carboxylic acids is 1. The van der Waals surface area contributed by atoms with E-state index >= 15 is 0 Å². The predicted octanol–water partition coefficient (Wildman–Crippen LogP) is 2.23. The molecule has 1 atom stereocenters. The third-order valence-corrected chi connectivity index (χ3v) is 4.70. The van der Waals surface area contributed by atoms with Crippen LogP contribution in [0.4, 0.5) is 0 Å². The van der Waals surface area contributed by atoms with Gasteiger partial charge in [0, 0.05) is 44.0 Å². The van der Waals surface area contributed by atoms with Crippen molar-refractivity contribution in [1.82, 2.24) is 19.7 Å². The predicted molar refractivity (Wildman–Crippen MR) is 95.4 cm³/mol. The summed E-state index contributed by atoms with van der Waals surface area (Å²) in [6.07, 6.45) is 4.65. The summed E-state index contributed by atoms with van der Waals surface area (Å²) in [4.78, 5) is 17.8. The highest BCUT2D eigenvalue weighted by Crippen LogP contribution is 2.19. The van der Waals surface area contributed by atoms with Gasteiger partial charge in [0.05, 0.1) is 13.2 Å². The van der Waals surface area contributed by atoms with Crippen LogP contribution >= 0.6 is 0 Å². The zero-order chi connectivity index (χ0) is 17.2. The molecular formula is C19H22N4O2. The quantitative estimate of drug-likeness (QED) is 0.796. The van der Waals surface area contributed by atoms with Crippen LogP contribution in [0.25, 0.3) is 10.9 Å². The van der Waals surface area contributed by atoms with Crippen LogP contribution in [0.15, 0.2) is 42.7 Å². The van der Waals surface area contributed by atoms with E-state index in [0.29, 0.717) is 32.0 Å². The van der Waals surface area contributed by atoms with Crippen molar-refractivity contribution in [3.05, 3.63) is 54.0 Å². The molecule has 0 aliphatic carbocycles. The van der Waals surface area contributed by atoms with Crippen molar-refractivity contribution in [3.63, 3.8) is 0 Å². The minimum Gasteiger partial charge on any atom is -0.379 e. The van der Waals surface area contributed by atoms with E-state index in [0.717, 1.165) is 11.9 Å². The Balaban J connectivity index is 1.48. The Hall–Kier alpha value is -2.60. The van der Waals surface area contributed by atoms with Crippen molar-refractivity contribution >= 4 is 16.8 Å². The van der Waals surface area contributed by atoms with Gasteiger partial charge >= 0.3 is 0 Å². The number of hydrogen-bond acceptors (Lipinski definition) is 3. The standard InChI is InChI=1S/C19H22N4O2/c1-22-7-5-18(21-22)19(24)23-8-9-25-13-15(12-23)10-14-2-3-17-16(11-14)4-6-20-17/h2-7,11,15,20H,8-10,12-13H2,1H3/t15-/m0/s1. The van der Waals surface area contributed by atoms with E-state index in [9.17, 15) is 4.79 Å². The molecule has 0 unspecified atom stereocenters. The monoisotopic (exact) mass is 338 g/mol. The molecule has 1 fully saturated rings. The summed E-state index contributed by atoms with van der Waals surface area (Å²) >= 11 is 0. The molecule has 25 heavy (non-hydrogen) atoms. The molecule has 1 saturated heterocycles. The van der Waals surface area contributed by atoms with Crippen molar-refractivity contribution < 1.29 is 9.53 Å². The van der Waals surface area contributed by atoms with Gasteiger partial charge in [-0.05, 0) is 41.6 Å². The van der Waals surface area contributed by atoms with Crippen LogP contribution in [-0.2, 0) is 18.2 Å². The molecule has 1 aromatic carbocycles. The summed E-state index contributed by atoms with van der Waals surface area (Å²) in [7, 11) is 1.82. The maximum absolute atomic E-state index is 12.7. The summed E-state index contributed by atoms with van der Waals surface area (Å²) in [6, 6.07) is 10.3. The van der Waals surface area contributed by atoms with Gasteiger partial charge in [-0.3, -0.25) is 9.48 Å². The third-order valence-electron chi connectivity index (χ3n) is 4.70. The molecular weight excluding hydrogens is 316 g/mol. The van der Waals surface area contributed by atoms with Crippen molar-refractivity contribution in [2.75, 3.05) is 26.3 Å². The fraction of sp³-hybridized carbons (Fsp3) is 0.368. The van der Waals surface area contributed by atoms with Crippen LogP contribution in [0.5, 0.6) is 0 Å². The van der Waals surface area contributed by atoms with Gasteiger partial charge in [-0.25, -0.2) is 0 Å². The number of aromatic amines is 1. The van der Waals surface area contributed by atoms with Crippen LogP contribution in [0.2, 0.25) is 0 Å². The van der Waals surface area contributed by atoms with Crippen LogP contribution in [-0.4, -0.2) is 51.9 Å². The third kappa shape index (κ3) is 3.44. The highest BCUT2D eigenvalue weighted by atomic mass is 16.5. The highest BCUT2D eigenvalue weighted by molar-refractivity contribution is 5.92. The lowest BCUT2D eigenvalue weighted by atomic mass is 9.98. The molecule has 1 N–H and O–H groups in total. The van der Waals surface area contributed by atoms with Gasteiger partial charge in [-0.1, -0.05) is 6.07 Å². The van der Waals surface area contributed by atoms with Gasteiger partial charge in [0.2, 0.25) is 0 Å². The zero-order valence-corrected chi connectivity index (χ0v) is 14.3. The second kappa shape index (κ2) is 6.72. The van der Waals surface area contributed by atoms with E-state index in [-0.39, 0.29) is 11.8 Å². The number of nitrogens with zero attached hydrogens (tertiary/aromatic N) is 3. The lowest BCUT2D eigenvalue weighted by Gasteiger charge is -2.23. The number of amides is 1. The fourth-order valence-corrected chi connectivity index (χ4v) is 3.44. The summed E-state index contributed by atoms with van der Waals surface area (Å²) in [5.41, 5.74) is 2.91. The molecule has 1 aliphatic rings. The average molecular weight is 338 g/mol. The van der Waals surface area contributed by atoms with E-state index in [1.807, 2.05) is 18.1 Å². The molecule has 0 saturated carbocycles. The van der Waals surface area contributed by atoms with Crippen molar-refractivity contribution in [2.45, 2.75) is 6.42 Å². The van der Waals surface area contributed by atoms with E-state index in [1.54, 1.807) is 16.9 Å². The van der Waals surface area contributed by atoms with Gasteiger partial charge in [-0.15, -0.1) is 0 Å². The lowest BCUT2D eigenvalue weighted by Crippen LogP contribution is -2.36. The van der Waals surface area contributed by atoms with Gasteiger partial charge in [0.1, 0.15) is 5.69 Å². The lowest BCUT2D eigenvalue weighted by molar-refractivity contribution is 0.0730. The van der Waals surface area contributed by atoms with Gasteiger partial charge in [0.15, 0.2) is 0 Å². The molecule has 1 aliphatic heterocycles. The second-order valence-electron chi connectivity index (χ2n) is 6.67. The van der Waals surface area contributed by atoms with Crippen molar-refractivity contribution in [3.8, 4) is 0 Å². The summed E-state index contributed by atoms with van der Waals surface area (Å²) in [5, 5.41) is 5.45. The molecule has 3 aromatic rings. The number of carbonyl (C=O) groups is 1. The van der Waals surface area contributed by atoms with Gasteiger partial charge in [-0.2, -0.15) is 5.10 Å². The highest BCUT2D eigenvalue weighted by Gasteiger charge is 2.25. The first-order valence-electron chi connectivity index (χ1n) is 8.62. The molecule has 130 valence electrons. The van der Waals surface area contributed by atoms with Gasteiger partial charge < -0.3 is 14.6 Å². The number of ether oxygens (including phenoxy) is 1. The Morgan fingerprint density at radius 3 is 3.12 bits per heavy atom. The molecule has 4 rings (SSSR count). The first kappa shape index (κ1) is 15.9. The van der Waals surface area contributed by atoms with E-state index < -0.39 is 0 Å². The molecule has 0 spiro atoms. The molecule has 1 amide bonds. The van der Waals surface area contributed by atoms with Crippen LogP contribution < -0.4 is 0 Å². The number of fused-ring (bicyclic) bond motifs is 1. The van der Waals surface area contributed by atoms with Crippen LogP contribution in [0.1, 0.15) is 16.1 Å². The minimum atomic E-state index is -0.0165. The molecule has 2 aromatic heterocycles.